The molecular weight excluding hydrogens is 322 g/mol. The number of nitrogens with one attached hydrogen (secondary N) is 1. The monoisotopic (exact) mass is 339 g/mol. The molecule has 1 aromatic heterocycles. The van der Waals surface area contributed by atoms with Crippen LogP contribution in [-0.2, 0) is 4.79 Å². The van der Waals surface area contributed by atoms with E-state index in [4.69, 9.17) is 9.47 Å². The van der Waals surface area contributed by atoms with Crippen molar-refractivity contribution >= 4 is 11.6 Å². The number of nitrogens with zero attached hydrogens (tertiary/aromatic N) is 4. The third-order valence-corrected chi connectivity index (χ3v) is 3.51. The number of hydrogen-bond donors (Lipinski definition) is 1. The summed E-state index contributed by atoms with van der Waals surface area (Å²) in [5, 5.41) is 13.8. The van der Waals surface area contributed by atoms with Crippen molar-refractivity contribution in [2.24, 2.45) is 0 Å². The second-order valence-corrected chi connectivity index (χ2v) is 5.24. The normalized spacial score (nSPS) is 10.3. The fraction of sp³-hybridized carbons (Fsp3) is 0.176. The van der Waals surface area contributed by atoms with Gasteiger partial charge in [0.1, 0.15) is 23.5 Å². The summed E-state index contributed by atoms with van der Waals surface area (Å²) in [4.78, 5) is 12.1. The van der Waals surface area contributed by atoms with Gasteiger partial charge in [0.25, 0.3) is 5.91 Å². The van der Waals surface area contributed by atoms with Gasteiger partial charge in [0.05, 0.1) is 7.11 Å². The Labute approximate surface area is 144 Å². The number of aromatic nitrogens is 4. The Morgan fingerprint density at radius 1 is 1.20 bits per heavy atom. The minimum atomic E-state index is -0.268. The van der Waals surface area contributed by atoms with Gasteiger partial charge in [-0.15, -0.1) is 5.10 Å². The number of methoxy groups -OCH3 is 1. The zero-order valence-electron chi connectivity index (χ0n) is 13.8. The lowest BCUT2D eigenvalue weighted by Crippen LogP contribution is -2.20. The SMILES string of the molecule is COc1ccc(NC(=O)COc2ccccc2C)cc1-n1cnnn1. The van der Waals surface area contributed by atoms with Gasteiger partial charge in [-0.05, 0) is 47.2 Å². The average Bonchev–Trinajstić information content (AvgIpc) is 3.15. The van der Waals surface area contributed by atoms with Crippen LogP contribution < -0.4 is 14.8 Å². The van der Waals surface area contributed by atoms with Crippen LogP contribution in [0.2, 0.25) is 0 Å². The molecule has 3 rings (SSSR count). The molecular formula is C17H17N5O3. The van der Waals surface area contributed by atoms with Crippen LogP contribution in [0.4, 0.5) is 5.69 Å². The zero-order valence-corrected chi connectivity index (χ0v) is 13.8. The number of ether oxygens (including phenoxy) is 2. The molecule has 0 unspecified atom stereocenters. The van der Waals surface area contributed by atoms with Gasteiger partial charge in [0.2, 0.25) is 0 Å². The first-order valence-electron chi connectivity index (χ1n) is 7.57. The van der Waals surface area contributed by atoms with E-state index < -0.39 is 0 Å². The van der Waals surface area contributed by atoms with Crippen molar-refractivity contribution in [1.82, 2.24) is 20.2 Å². The van der Waals surface area contributed by atoms with Crippen molar-refractivity contribution in [2.75, 3.05) is 19.0 Å². The molecule has 2 aromatic carbocycles. The predicted molar refractivity (Wildman–Crippen MR) is 91.0 cm³/mol. The van der Waals surface area contributed by atoms with Gasteiger partial charge >= 0.3 is 0 Å². The van der Waals surface area contributed by atoms with E-state index in [0.717, 1.165) is 5.56 Å². The molecule has 0 aliphatic rings. The second-order valence-electron chi connectivity index (χ2n) is 5.24. The summed E-state index contributed by atoms with van der Waals surface area (Å²) in [6.07, 6.45) is 1.45. The summed E-state index contributed by atoms with van der Waals surface area (Å²) in [5.41, 5.74) is 2.18. The molecule has 0 fully saturated rings. The molecule has 0 saturated heterocycles. The quantitative estimate of drug-likeness (QED) is 0.738. The van der Waals surface area contributed by atoms with Crippen molar-refractivity contribution in [2.45, 2.75) is 6.92 Å². The second kappa shape index (κ2) is 7.43. The van der Waals surface area contributed by atoms with Gasteiger partial charge in [-0.1, -0.05) is 18.2 Å². The number of anilines is 1. The predicted octanol–water partition coefficient (Wildman–Crippen LogP) is 2.00. The summed E-state index contributed by atoms with van der Waals surface area (Å²) in [6.45, 7) is 1.84. The molecule has 128 valence electrons. The number of amides is 1. The number of carbonyl (C=O) groups is 1. The van der Waals surface area contributed by atoms with Crippen molar-refractivity contribution in [3.63, 3.8) is 0 Å². The number of tetrazole rings is 1. The van der Waals surface area contributed by atoms with Gasteiger partial charge in [-0.25, -0.2) is 0 Å². The number of benzene rings is 2. The van der Waals surface area contributed by atoms with Crippen molar-refractivity contribution < 1.29 is 14.3 Å². The van der Waals surface area contributed by atoms with E-state index in [1.54, 1.807) is 25.3 Å². The average molecular weight is 339 g/mol. The maximum absolute atomic E-state index is 12.1. The highest BCUT2D eigenvalue weighted by atomic mass is 16.5. The van der Waals surface area contributed by atoms with E-state index in [2.05, 4.69) is 20.8 Å². The molecule has 1 amide bonds. The highest BCUT2D eigenvalue weighted by molar-refractivity contribution is 5.92. The van der Waals surface area contributed by atoms with Crippen LogP contribution in [0.15, 0.2) is 48.8 Å². The van der Waals surface area contributed by atoms with Gasteiger partial charge in [0, 0.05) is 5.69 Å². The minimum absolute atomic E-state index is 0.0862. The highest BCUT2D eigenvalue weighted by Crippen LogP contribution is 2.25. The molecule has 8 heteroatoms. The molecule has 8 nitrogen and oxygen atoms in total. The lowest BCUT2D eigenvalue weighted by molar-refractivity contribution is -0.118. The Morgan fingerprint density at radius 2 is 2.04 bits per heavy atom. The summed E-state index contributed by atoms with van der Waals surface area (Å²) >= 11 is 0. The third-order valence-electron chi connectivity index (χ3n) is 3.51. The third kappa shape index (κ3) is 3.92. The smallest absolute Gasteiger partial charge is 0.262 e. The van der Waals surface area contributed by atoms with E-state index >= 15 is 0 Å². The number of hydrogen-bond acceptors (Lipinski definition) is 6. The summed E-state index contributed by atoms with van der Waals surface area (Å²) in [7, 11) is 1.55. The molecule has 25 heavy (non-hydrogen) atoms. The van der Waals surface area contributed by atoms with E-state index in [1.807, 2.05) is 31.2 Å². The minimum Gasteiger partial charge on any atom is -0.494 e. The van der Waals surface area contributed by atoms with Crippen LogP contribution in [0.5, 0.6) is 11.5 Å². The Hall–Kier alpha value is -3.42. The van der Waals surface area contributed by atoms with Crippen LogP contribution in [0.25, 0.3) is 5.69 Å². The van der Waals surface area contributed by atoms with Crippen molar-refractivity contribution in [3.8, 4) is 17.2 Å². The molecule has 0 spiro atoms. The highest BCUT2D eigenvalue weighted by Gasteiger charge is 2.10. The topological polar surface area (TPSA) is 91.2 Å². The van der Waals surface area contributed by atoms with Crippen LogP contribution in [0.1, 0.15) is 5.56 Å². The van der Waals surface area contributed by atoms with E-state index in [0.29, 0.717) is 22.9 Å². The molecule has 1 N–H and O–H groups in total. The van der Waals surface area contributed by atoms with E-state index in [-0.39, 0.29) is 12.5 Å². The Balaban J connectivity index is 1.69. The standard InChI is InChI=1S/C17H17N5O3/c1-12-5-3-4-6-15(12)25-10-17(23)19-13-7-8-16(24-2)14(9-13)22-11-18-20-21-22/h3-9,11H,10H2,1-2H3,(H,19,23). The Bertz CT molecular complexity index is 864. The van der Waals surface area contributed by atoms with Gasteiger partial charge in [-0.3, -0.25) is 4.79 Å². The lowest BCUT2D eigenvalue weighted by atomic mass is 10.2. The molecule has 3 aromatic rings. The van der Waals surface area contributed by atoms with E-state index in [1.165, 1.54) is 11.0 Å². The van der Waals surface area contributed by atoms with Gasteiger partial charge in [0.15, 0.2) is 6.61 Å². The Kier molecular flexibility index (Phi) is 4.89. The van der Waals surface area contributed by atoms with Crippen molar-refractivity contribution in [1.29, 1.82) is 0 Å². The fourth-order valence-electron chi connectivity index (χ4n) is 2.28. The van der Waals surface area contributed by atoms with E-state index in [9.17, 15) is 4.79 Å². The molecule has 0 atom stereocenters. The molecule has 0 radical (unpaired) electrons. The van der Waals surface area contributed by atoms with Crippen LogP contribution in [0, 0.1) is 6.92 Å². The fourth-order valence-corrected chi connectivity index (χ4v) is 2.28. The summed E-state index contributed by atoms with van der Waals surface area (Å²) in [6, 6.07) is 12.7. The summed E-state index contributed by atoms with van der Waals surface area (Å²) < 4.78 is 12.3. The largest absolute Gasteiger partial charge is 0.494 e. The first-order chi connectivity index (χ1) is 12.2. The molecule has 0 saturated carbocycles. The van der Waals surface area contributed by atoms with Gasteiger partial charge < -0.3 is 14.8 Å². The number of rotatable bonds is 6. The van der Waals surface area contributed by atoms with Gasteiger partial charge in [-0.2, -0.15) is 4.68 Å². The zero-order chi connectivity index (χ0) is 17.6. The first kappa shape index (κ1) is 16.4. The number of para-hydroxylation sites is 1. The molecule has 1 heterocycles. The molecule has 0 bridgehead atoms. The van der Waals surface area contributed by atoms with Crippen LogP contribution >= 0.6 is 0 Å². The van der Waals surface area contributed by atoms with Crippen molar-refractivity contribution in [3.05, 3.63) is 54.4 Å². The van der Waals surface area contributed by atoms with Crippen LogP contribution in [0.3, 0.4) is 0 Å². The number of carbonyl (C=O) groups excluding carboxylic acids is 1. The molecule has 0 aliphatic heterocycles. The maximum Gasteiger partial charge on any atom is 0.262 e. The number of aryl methyl sites for hydroxylation is 1. The first-order valence-corrected chi connectivity index (χ1v) is 7.57. The molecule has 0 aliphatic carbocycles. The lowest BCUT2D eigenvalue weighted by Gasteiger charge is -2.12. The summed E-state index contributed by atoms with van der Waals surface area (Å²) in [5.74, 6) is 0.999. The van der Waals surface area contributed by atoms with Crippen LogP contribution in [-0.4, -0.2) is 39.8 Å². The Morgan fingerprint density at radius 3 is 2.76 bits per heavy atom. The maximum atomic E-state index is 12.1.